The molecule has 128 valence electrons. The molecule has 0 N–H and O–H groups in total. The van der Waals surface area contributed by atoms with E-state index in [1.54, 1.807) is 4.90 Å². The van der Waals surface area contributed by atoms with Crippen molar-refractivity contribution in [3.8, 4) is 0 Å². The number of ether oxygens (including phenoxy) is 1. The first-order valence-electron chi connectivity index (χ1n) is 7.91. The van der Waals surface area contributed by atoms with Gasteiger partial charge in [0.2, 0.25) is 0 Å². The lowest BCUT2D eigenvalue weighted by molar-refractivity contribution is -0.000607. The summed E-state index contributed by atoms with van der Waals surface area (Å²) < 4.78 is 31.4. The monoisotopic (exact) mass is 335 g/mol. The maximum absolute atomic E-state index is 12.5. The number of carbonyl (C=O) groups excluding carboxylic acids is 1. The molecule has 5 nitrogen and oxygen atoms in total. The van der Waals surface area contributed by atoms with Gasteiger partial charge in [-0.25, -0.2) is 4.68 Å². The molecule has 2 aromatic rings. The average molecular weight is 335 g/mol. The van der Waals surface area contributed by atoms with Crippen LogP contribution < -0.4 is 0 Å². The molecule has 1 aliphatic rings. The van der Waals surface area contributed by atoms with Crippen LogP contribution in [0.25, 0.3) is 0 Å². The molecule has 24 heavy (non-hydrogen) atoms. The van der Waals surface area contributed by atoms with Crippen molar-refractivity contribution in [1.29, 1.82) is 0 Å². The van der Waals surface area contributed by atoms with E-state index < -0.39 is 6.55 Å². The summed E-state index contributed by atoms with van der Waals surface area (Å²) in [7, 11) is 0. The van der Waals surface area contributed by atoms with Crippen molar-refractivity contribution in [3.05, 3.63) is 53.9 Å². The van der Waals surface area contributed by atoms with Crippen molar-refractivity contribution >= 4 is 5.91 Å². The number of amides is 1. The minimum Gasteiger partial charge on any atom is -0.373 e. The zero-order chi connectivity index (χ0) is 16.9. The van der Waals surface area contributed by atoms with E-state index in [1.165, 1.54) is 6.07 Å². The molecule has 2 heterocycles. The highest BCUT2D eigenvalue weighted by Crippen LogP contribution is 2.18. The molecule has 1 fully saturated rings. The van der Waals surface area contributed by atoms with Crippen molar-refractivity contribution in [2.24, 2.45) is 0 Å². The third-order valence-corrected chi connectivity index (χ3v) is 4.09. The van der Waals surface area contributed by atoms with E-state index in [-0.39, 0.29) is 17.7 Å². The number of hydrogen-bond acceptors (Lipinski definition) is 3. The van der Waals surface area contributed by atoms with Gasteiger partial charge in [0.1, 0.15) is 0 Å². The van der Waals surface area contributed by atoms with Gasteiger partial charge in [0.25, 0.3) is 5.91 Å². The molecule has 1 aliphatic heterocycles. The Bertz CT molecular complexity index is 667. The van der Waals surface area contributed by atoms with Gasteiger partial charge in [-0.05, 0) is 24.5 Å². The van der Waals surface area contributed by atoms with Crippen LogP contribution >= 0.6 is 0 Å². The van der Waals surface area contributed by atoms with Crippen LogP contribution in [-0.2, 0) is 11.3 Å². The third kappa shape index (κ3) is 3.97. The van der Waals surface area contributed by atoms with Gasteiger partial charge < -0.3 is 9.64 Å². The number of carbonyl (C=O) groups is 1. The zero-order valence-electron chi connectivity index (χ0n) is 13.1. The van der Waals surface area contributed by atoms with Crippen LogP contribution in [0.1, 0.15) is 35.4 Å². The zero-order valence-corrected chi connectivity index (χ0v) is 13.1. The number of nitrogens with zero attached hydrogens (tertiary/aromatic N) is 3. The standard InChI is InChI=1S/C17H19F2N3O2/c18-17(19)22-11-8-15(20-22)16(23)21-9-6-14(7-10-21)24-12-13-4-2-1-3-5-13/h1-5,8,11,14,17H,6-7,9-10,12H2. The van der Waals surface area contributed by atoms with Gasteiger partial charge in [0.05, 0.1) is 12.7 Å². The molecule has 1 aromatic carbocycles. The molecule has 0 unspecified atom stereocenters. The molecule has 0 atom stereocenters. The molecule has 3 rings (SSSR count). The second kappa shape index (κ2) is 7.53. The maximum Gasteiger partial charge on any atom is 0.333 e. The quantitative estimate of drug-likeness (QED) is 0.843. The lowest BCUT2D eigenvalue weighted by Gasteiger charge is -2.31. The van der Waals surface area contributed by atoms with Crippen molar-refractivity contribution in [2.45, 2.75) is 32.1 Å². The van der Waals surface area contributed by atoms with Crippen LogP contribution in [0.4, 0.5) is 8.78 Å². The first-order valence-corrected chi connectivity index (χ1v) is 7.91. The van der Waals surface area contributed by atoms with Gasteiger partial charge in [-0.1, -0.05) is 30.3 Å². The summed E-state index contributed by atoms with van der Waals surface area (Å²) in [5.41, 5.74) is 1.17. The molecule has 7 heteroatoms. The number of alkyl halides is 2. The first-order chi connectivity index (χ1) is 11.6. The van der Waals surface area contributed by atoms with Crippen LogP contribution in [0, 0.1) is 0 Å². The fourth-order valence-electron chi connectivity index (χ4n) is 2.74. The lowest BCUT2D eigenvalue weighted by Crippen LogP contribution is -2.41. The molecule has 1 aromatic heterocycles. The van der Waals surface area contributed by atoms with E-state index >= 15 is 0 Å². The molecule has 0 bridgehead atoms. The molecule has 0 saturated carbocycles. The van der Waals surface area contributed by atoms with E-state index in [0.717, 1.165) is 24.6 Å². The summed E-state index contributed by atoms with van der Waals surface area (Å²) in [4.78, 5) is 13.9. The molecular weight excluding hydrogens is 316 g/mol. The summed E-state index contributed by atoms with van der Waals surface area (Å²) in [5.74, 6) is -0.309. The minimum atomic E-state index is -2.73. The Labute approximate surface area is 138 Å². The molecule has 0 spiro atoms. The van der Waals surface area contributed by atoms with E-state index in [0.29, 0.717) is 24.4 Å². The topological polar surface area (TPSA) is 47.4 Å². The number of piperidine rings is 1. The predicted molar refractivity (Wildman–Crippen MR) is 83.6 cm³/mol. The van der Waals surface area contributed by atoms with Crippen LogP contribution in [0.3, 0.4) is 0 Å². The number of aromatic nitrogens is 2. The second-order valence-corrected chi connectivity index (χ2v) is 5.75. The first kappa shape index (κ1) is 16.6. The lowest BCUT2D eigenvalue weighted by atomic mass is 10.1. The Morgan fingerprint density at radius 1 is 1.21 bits per heavy atom. The fraction of sp³-hybridized carbons (Fsp3) is 0.412. The van der Waals surface area contributed by atoms with E-state index in [2.05, 4.69) is 5.10 Å². The van der Waals surface area contributed by atoms with E-state index in [4.69, 9.17) is 4.74 Å². The predicted octanol–water partition coefficient (Wildman–Crippen LogP) is 3.10. The van der Waals surface area contributed by atoms with Gasteiger partial charge in [0.15, 0.2) is 5.69 Å². The maximum atomic E-state index is 12.5. The summed E-state index contributed by atoms with van der Waals surface area (Å²) in [6.07, 6.45) is 2.68. The minimum absolute atomic E-state index is 0.0546. The van der Waals surface area contributed by atoms with Gasteiger partial charge in [-0.2, -0.15) is 13.9 Å². The smallest absolute Gasteiger partial charge is 0.333 e. The molecule has 0 radical (unpaired) electrons. The number of likely N-dealkylation sites (tertiary alicyclic amines) is 1. The van der Waals surface area contributed by atoms with Crippen LogP contribution in [-0.4, -0.2) is 39.8 Å². The fourth-order valence-corrected chi connectivity index (χ4v) is 2.74. The summed E-state index contributed by atoms with van der Waals surface area (Å²) in [6.45, 7) is -1.10. The van der Waals surface area contributed by atoms with Crippen molar-refractivity contribution in [3.63, 3.8) is 0 Å². The Morgan fingerprint density at radius 3 is 2.54 bits per heavy atom. The number of halogens is 2. The Hall–Kier alpha value is -2.28. The normalized spacial score (nSPS) is 15.9. The number of rotatable bonds is 5. The molecular formula is C17H19F2N3O2. The Morgan fingerprint density at radius 2 is 1.92 bits per heavy atom. The largest absolute Gasteiger partial charge is 0.373 e. The Balaban J connectivity index is 1.48. The van der Waals surface area contributed by atoms with Crippen LogP contribution in [0.15, 0.2) is 42.6 Å². The summed E-state index contributed by atoms with van der Waals surface area (Å²) >= 11 is 0. The van der Waals surface area contributed by atoms with Crippen LogP contribution in [0.2, 0.25) is 0 Å². The summed E-state index contributed by atoms with van der Waals surface area (Å²) in [6, 6.07) is 11.3. The molecule has 0 aliphatic carbocycles. The van der Waals surface area contributed by atoms with E-state index in [9.17, 15) is 13.6 Å². The van der Waals surface area contributed by atoms with Gasteiger partial charge >= 0.3 is 6.55 Å². The van der Waals surface area contributed by atoms with E-state index in [1.807, 2.05) is 30.3 Å². The van der Waals surface area contributed by atoms with Crippen LogP contribution in [0.5, 0.6) is 0 Å². The van der Waals surface area contributed by atoms with Crippen molar-refractivity contribution in [1.82, 2.24) is 14.7 Å². The van der Waals surface area contributed by atoms with Crippen molar-refractivity contribution < 1.29 is 18.3 Å². The molecule has 1 saturated heterocycles. The Kier molecular flexibility index (Phi) is 5.20. The average Bonchev–Trinajstić information content (AvgIpc) is 3.11. The highest BCUT2D eigenvalue weighted by molar-refractivity contribution is 5.92. The van der Waals surface area contributed by atoms with Gasteiger partial charge in [0, 0.05) is 19.3 Å². The van der Waals surface area contributed by atoms with Crippen molar-refractivity contribution in [2.75, 3.05) is 13.1 Å². The third-order valence-electron chi connectivity index (χ3n) is 4.09. The highest BCUT2D eigenvalue weighted by Gasteiger charge is 2.25. The summed E-state index contributed by atoms with van der Waals surface area (Å²) in [5, 5.41) is 3.62. The number of hydrogen-bond donors (Lipinski definition) is 0. The van der Waals surface area contributed by atoms with Gasteiger partial charge in [-0.15, -0.1) is 0 Å². The SMILES string of the molecule is O=C(c1ccn(C(F)F)n1)N1CCC(OCc2ccccc2)CC1. The highest BCUT2D eigenvalue weighted by atomic mass is 19.3. The number of benzene rings is 1. The second-order valence-electron chi connectivity index (χ2n) is 5.75. The molecule has 1 amide bonds. The van der Waals surface area contributed by atoms with Gasteiger partial charge in [-0.3, -0.25) is 4.79 Å².